The predicted octanol–water partition coefficient (Wildman–Crippen LogP) is 12.1. The molecule has 0 bridgehead atoms. The molecule has 1 aliphatic heterocycles. The van der Waals surface area contributed by atoms with E-state index in [0.29, 0.717) is 25.0 Å². The number of pyridine rings is 2. The van der Waals surface area contributed by atoms with Crippen molar-refractivity contribution in [3.05, 3.63) is 183 Å². The lowest BCUT2D eigenvalue weighted by molar-refractivity contribution is 0.00578. The zero-order valence-electron chi connectivity index (χ0n) is 36.9. The van der Waals surface area contributed by atoms with E-state index in [0.717, 1.165) is 28.3 Å². The Hall–Kier alpha value is -4.51. The molecule has 1 saturated heterocycles. The first-order chi connectivity index (χ1) is 28.5. The molecule has 6 aromatic rings. The first-order valence-corrected chi connectivity index (χ1v) is 22.1. The second-order valence-corrected chi connectivity index (χ2v) is 18.9. The third-order valence-electron chi connectivity index (χ3n) is 12.9. The monoisotopic (exact) mass is 914 g/mol. The van der Waals surface area contributed by atoms with E-state index in [4.69, 9.17) is 18.8 Å². The molecule has 312 valence electrons. The summed E-state index contributed by atoms with van der Waals surface area (Å²) in [6.45, 7) is 23.0. The van der Waals surface area contributed by atoms with Crippen LogP contribution in [0.1, 0.15) is 103 Å². The average molecular weight is 915 g/mol. The van der Waals surface area contributed by atoms with Crippen molar-refractivity contribution in [1.82, 2.24) is 9.97 Å². The number of ether oxygens (including phenoxy) is 2. The topological polar surface area (TPSA) is 62.7 Å². The van der Waals surface area contributed by atoms with Crippen molar-refractivity contribution < 1.29 is 18.8 Å². The second-order valence-electron chi connectivity index (χ2n) is 17.7. The Labute approximate surface area is 372 Å². The zero-order valence-corrected chi connectivity index (χ0v) is 39.1. The van der Waals surface area contributed by atoms with Gasteiger partial charge in [0.25, 0.3) is 0 Å². The molecule has 0 saturated carbocycles. The van der Waals surface area contributed by atoms with Gasteiger partial charge in [0.15, 0.2) is 0 Å². The average Bonchev–Trinajstić information content (AvgIpc) is 3.48. The van der Waals surface area contributed by atoms with Crippen LogP contribution in [0.2, 0.25) is 0 Å². The van der Waals surface area contributed by atoms with Crippen molar-refractivity contribution in [3.63, 3.8) is 0 Å². The minimum Gasteiger partial charge on any atom is -0.487 e. The van der Waals surface area contributed by atoms with E-state index < -0.39 is 0 Å². The van der Waals surface area contributed by atoms with Crippen LogP contribution in [-0.2, 0) is 33.4 Å². The summed E-state index contributed by atoms with van der Waals surface area (Å²) in [4.78, 5) is 8.62. The van der Waals surface area contributed by atoms with Crippen molar-refractivity contribution >= 4 is 35.2 Å². The molecule has 0 aliphatic carbocycles. The molecule has 4 aromatic carbocycles. The highest BCUT2D eigenvalue weighted by Gasteiger charge is 2.51. The van der Waals surface area contributed by atoms with E-state index in [9.17, 15) is 0 Å². The maximum absolute atomic E-state index is 6.24. The minimum absolute atomic E-state index is 0.0378. The molecule has 0 radical (unpaired) electrons. The van der Waals surface area contributed by atoms with Gasteiger partial charge in [-0.2, -0.15) is 0 Å². The molecule has 0 amide bonds. The quantitative estimate of drug-likeness (QED) is 0.0850. The normalized spacial score (nSPS) is 16.4. The fourth-order valence-electron chi connectivity index (χ4n) is 7.50. The number of benzene rings is 4. The summed E-state index contributed by atoms with van der Waals surface area (Å²) in [5.41, 5.74) is 7.20. The molecule has 7 rings (SSSR count). The maximum atomic E-state index is 6.24. The van der Waals surface area contributed by atoms with Crippen LogP contribution < -0.4 is 14.9 Å². The van der Waals surface area contributed by atoms with Crippen molar-refractivity contribution in [3.8, 4) is 11.5 Å². The molecule has 8 heteroatoms. The summed E-state index contributed by atoms with van der Waals surface area (Å²) in [5, 5.41) is 0. The fourth-order valence-corrected chi connectivity index (χ4v) is 7.86. The molecule has 1 fully saturated rings. The summed E-state index contributed by atoms with van der Waals surface area (Å²) in [6, 6.07) is 46.2. The Morgan fingerprint density at radius 2 is 0.883 bits per heavy atom. The Morgan fingerprint density at radius 1 is 0.533 bits per heavy atom. The van der Waals surface area contributed by atoms with Gasteiger partial charge in [-0.05, 0) is 151 Å². The van der Waals surface area contributed by atoms with Gasteiger partial charge in [0.05, 0.1) is 22.6 Å². The molecule has 60 heavy (non-hydrogen) atoms. The van der Waals surface area contributed by atoms with Crippen molar-refractivity contribution in [2.45, 2.75) is 104 Å². The highest BCUT2D eigenvalue weighted by atomic mass is 127. The third-order valence-corrected chi connectivity index (χ3v) is 13.6. The van der Waals surface area contributed by atoms with Crippen LogP contribution in [0.4, 0.5) is 0 Å². The van der Waals surface area contributed by atoms with E-state index in [1.807, 2.05) is 36.4 Å². The molecule has 0 spiro atoms. The van der Waals surface area contributed by atoms with E-state index in [1.165, 1.54) is 25.8 Å². The van der Waals surface area contributed by atoms with Gasteiger partial charge in [0.2, 0.25) is 0 Å². The Bertz CT molecular complexity index is 2230. The lowest BCUT2D eigenvalue weighted by Gasteiger charge is -2.35. The smallest absolute Gasteiger partial charge is 0.487 e. The second kappa shape index (κ2) is 19.0. The molecule has 0 N–H and O–H groups in total. The first-order valence-electron chi connectivity index (χ1n) is 21.0. The molecule has 1 aliphatic rings. The van der Waals surface area contributed by atoms with Gasteiger partial charge in [0.1, 0.15) is 24.7 Å². The highest BCUT2D eigenvalue weighted by molar-refractivity contribution is 14.1. The minimum atomic E-state index is -0.347. The van der Waals surface area contributed by atoms with Crippen molar-refractivity contribution in [2.75, 3.05) is 0 Å². The van der Waals surface area contributed by atoms with Crippen molar-refractivity contribution in [1.29, 1.82) is 0 Å². The summed E-state index contributed by atoms with van der Waals surface area (Å²) < 4.78 is 25.6. The molecular formula is C52H60BIN2O4. The third kappa shape index (κ3) is 10.2. The number of hydrogen-bond donors (Lipinski definition) is 0. The van der Waals surface area contributed by atoms with Gasteiger partial charge in [-0.3, -0.25) is 9.97 Å². The molecule has 6 nitrogen and oxygen atoms in total. The summed E-state index contributed by atoms with van der Waals surface area (Å²) >= 11 is 2.35. The summed E-state index contributed by atoms with van der Waals surface area (Å²) in [7, 11) is -0.347. The van der Waals surface area contributed by atoms with E-state index in [1.54, 1.807) is 12.4 Å². The Morgan fingerprint density at radius 3 is 1.22 bits per heavy atom. The molecule has 2 aromatic heterocycles. The van der Waals surface area contributed by atoms with Gasteiger partial charge in [0, 0.05) is 26.8 Å². The Kier molecular flexibility index (Phi) is 14.3. The summed E-state index contributed by atoms with van der Waals surface area (Å²) in [6.07, 6.45) is 3.57. The molecule has 2 atom stereocenters. The summed E-state index contributed by atoms with van der Waals surface area (Å²) in [5.74, 6) is 2.59. The van der Waals surface area contributed by atoms with E-state index >= 15 is 0 Å². The lowest BCUT2D eigenvalue weighted by Crippen LogP contribution is -2.41. The largest absolute Gasteiger partial charge is 0.494 e. The van der Waals surface area contributed by atoms with Gasteiger partial charge in [-0.15, -0.1) is 0 Å². The number of aromatic nitrogens is 2. The fraction of sp³-hybridized carbons (Fsp3) is 0.346. The van der Waals surface area contributed by atoms with Crippen LogP contribution in [0.25, 0.3) is 0 Å². The lowest BCUT2D eigenvalue weighted by atomic mass is 9.67. The van der Waals surface area contributed by atoms with Crippen molar-refractivity contribution in [2.24, 2.45) is 11.8 Å². The molecular weight excluding hydrogens is 854 g/mol. The van der Waals surface area contributed by atoms with Crippen LogP contribution in [0.5, 0.6) is 11.5 Å². The number of hydrogen-bond acceptors (Lipinski definition) is 6. The van der Waals surface area contributed by atoms with Crippen LogP contribution in [0.15, 0.2) is 146 Å². The van der Waals surface area contributed by atoms with Crippen LogP contribution in [0.3, 0.4) is 0 Å². The Balaban J connectivity index is 0.000000209. The van der Waals surface area contributed by atoms with Crippen LogP contribution >= 0.6 is 22.6 Å². The maximum Gasteiger partial charge on any atom is 0.494 e. The molecule has 3 heterocycles. The highest BCUT2D eigenvalue weighted by Crippen LogP contribution is 2.41. The van der Waals surface area contributed by atoms with Gasteiger partial charge in [-0.25, -0.2) is 0 Å². The van der Waals surface area contributed by atoms with E-state index in [2.05, 4.69) is 199 Å². The SMILES string of the molecule is CC(C)C(C)(c1ccc(I)cc1)c1ccc(OCc2ccccn2)cc1.CC(C)C(C)(c1ccc(OCc2ccccn2)cc1)c1ccc(B2OC(C)(C)C(C)(C)O2)cc1. The molecule has 2 unspecified atom stereocenters. The van der Waals surface area contributed by atoms with E-state index in [-0.39, 0.29) is 29.2 Å². The first kappa shape index (κ1) is 45.0. The van der Waals surface area contributed by atoms with Gasteiger partial charge in [-0.1, -0.05) is 114 Å². The van der Waals surface area contributed by atoms with Gasteiger partial charge < -0.3 is 18.8 Å². The zero-order chi connectivity index (χ0) is 43.1. The van der Waals surface area contributed by atoms with Crippen LogP contribution in [0, 0.1) is 15.4 Å². The number of nitrogens with zero attached hydrogens (tertiary/aromatic N) is 2. The standard InChI is InChI=1S/C29H36BNO3.C23H24INO/c1-21(2)29(7,23-13-17-26(18-14-23)32-20-25-10-8-9-19-31-25)22-11-15-24(16-12-22)30-33-27(3,4)28(5,6)34-30;1-17(2)23(3,18-7-11-20(24)12-8-18)19-9-13-22(14-10-19)26-16-21-6-4-5-15-25-21/h8-19,21H,20H2,1-7H3;4-15,17H,16H2,1-3H3. The predicted molar refractivity (Wildman–Crippen MR) is 254 cm³/mol. The number of rotatable bonds is 13. The van der Waals surface area contributed by atoms with Gasteiger partial charge >= 0.3 is 7.12 Å². The van der Waals surface area contributed by atoms with Crippen LogP contribution in [-0.4, -0.2) is 28.3 Å². The number of halogens is 1.